The van der Waals surface area contributed by atoms with Gasteiger partial charge in [0, 0.05) is 0 Å². The van der Waals surface area contributed by atoms with E-state index in [0.29, 0.717) is 0 Å². The summed E-state index contributed by atoms with van der Waals surface area (Å²) in [4.78, 5) is 36.8. The maximum atomic E-state index is 12.7. The maximum absolute atomic E-state index is 12.7. The highest BCUT2D eigenvalue weighted by Crippen LogP contribution is 2.37. The second-order valence-corrected chi connectivity index (χ2v) is 20.3. The minimum atomic E-state index is -5.54. The Morgan fingerprint density at radius 2 is 0.649 bits per heavy atom. The summed E-state index contributed by atoms with van der Waals surface area (Å²) < 4.78 is 130. The van der Waals surface area contributed by atoms with E-state index in [0.717, 1.165) is 0 Å². The van der Waals surface area contributed by atoms with E-state index in [-0.39, 0.29) is 0 Å². The number of aliphatic hydroxyl groups is 14. The number of carbonyl (C=O) groups is 3. The molecule has 6 fully saturated rings. The highest BCUT2D eigenvalue weighted by Gasteiger charge is 2.60. The van der Waals surface area contributed by atoms with Gasteiger partial charge in [0.15, 0.2) is 49.8 Å². The summed E-state index contributed by atoms with van der Waals surface area (Å²) in [5.74, 6) is -6.02. The van der Waals surface area contributed by atoms with Gasteiger partial charge < -0.3 is 139 Å². The molecule has 41 heteroatoms. The Morgan fingerprint density at radius 1 is 0.351 bits per heavy atom. The zero-order chi connectivity index (χ0) is 57.5. The van der Waals surface area contributed by atoms with E-state index in [2.05, 4.69) is 0 Å². The average molecular weight is 1170 g/mol. The van der Waals surface area contributed by atoms with Crippen LogP contribution in [0.25, 0.3) is 0 Å². The van der Waals surface area contributed by atoms with Crippen molar-refractivity contribution >= 4 is 38.5 Å². The molecule has 0 bridgehead atoms. The number of nitrogens with one attached hydrogen (secondary N) is 2. The van der Waals surface area contributed by atoms with Crippen LogP contribution in [0, 0.1) is 0 Å². The van der Waals surface area contributed by atoms with Gasteiger partial charge in [0.05, 0.1) is 26.4 Å². The van der Waals surface area contributed by atoms with Crippen molar-refractivity contribution in [1.29, 1.82) is 0 Å². The first-order valence-electron chi connectivity index (χ1n) is 22.5. The Bertz CT molecular complexity index is 2240. The second-order valence-electron chi connectivity index (χ2n) is 18.0. The number of aliphatic carboxylic acids is 3. The monoisotopic (exact) mass is 1170 g/mol. The fourth-order valence-electron chi connectivity index (χ4n) is 9.12. The normalized spacial score (nSPS) is 47.1. The van der Waals surface area contributed by atoms with E-state index in [1.165, 1.54) is 9.44 Å². The molecule has 446 valence electrons. The smallest absolute Gasteiger partial charge is 0.335 e. The zero-order valence-electron chi connectivity index (χ0n) is 38.7. The summed E-state index contributed by atoms with van der Waals surface area (Å²) in [5, 5.41) is 178. The lowest BCUT2D eigenvalue weighted by molar-refractivity contribution is -0.376. The number of hydrogen-bond donors (Lipinski definition) is 21. The second kappa shape index (κ2) is 25.5. The van der Waals surface area contributed by atoms with Crippen LogP contribution < -0.4 is 9.44 Å². The predicted octanol–water partition coefficient (Wildman–Crippen LogP) is -14.3. The first-order valence-corrected chi connectivity index (χ1v) is 25.4. The van der Waals surface area contributed by atoms with Gasteiger partial charge in [0.25, 0.3) is 0 Å². The number of hydrogen-bond acceptors (Lipinski definition) is 32. The number of rotatable bonds is 21. The van der Waals surface area contributed by atoms with Crippen LogP contribution in [-0.4, -0.2) is 335 Å². The lowest BCUT2D eigenvalue weighted by Crippen LogP contribution is -2.71. The fraction of sp³-hybridized carbons (Fsp3) is 0.917. The standard InChI is InChI=1S/C36H58N2O37S2/c39-1-5-11(43)21(6(2-40)65-5)68-35-19(51)16(48)24(27(74-35)30(55)56)71-33-10(38-77(62,63)64)13(45)23(8(4-42)67-33)70-36-20(52)17(49)25(28(75-36)31(57)58)72-32-9(37-76(59,60)61)12(44)22(7(3-41)66-32)69-34-18(50)14(46)15(47)26(73-34)29(53)54/h5-28,32-52H,1-4H2,(H,53,54)(H,55,56)(H,57,58)(H,59,60,61)(H,62,63,64)/t5-,6-,7-,8-,9-,10-,11-,12-,13-,14+,15+,16-,17-,18-,19-,20-,21-,22-,23-,24+,25+,26-,27-,28+,32-,33-,34-,35-,36-/m1/s1. The van der Waals surface area contributed by atoms with Gasteiger partial charge >= 0.3 is 38.5 Å². The summed E-state index contributed by atoms with van der Waals surface area (Å²) in [5.41, 5.74) is 0. The van der Waals surface area contributed by atoms with Crippen LogP contribution in [0.15, 0.2) is 0 Å². The SMILES string of the molecule is O=C(O)[C@H]1O[C@@H](O[C@H]2[C@H](O)[C@@H](NS(=O)(=O)O)[C@@H](O[C@H]3[C@H](O)[C@@H](O)[C@H](O[C@H]4[C@H](O)[C@@H](CO)O[C@@H]4CO)O[C@H]3C(=O)O)O[C@@H]2CO)[C@H](O)[C@@H](O)[C@@H]1O[C@H]1O[C@H](CO)[C@@H](O[C@@H]2O[C@@H](C(=O)O)[C@@H](O)[C@H](O)[C@H]2O)[C@H](O)[C@H]1NS(=O)(=O)O. The van der Waals surface area contributed by atoms with E-state index >= 15 is 0 Å². The van der Waals surface area contributed by atoms with Crippen molar-refractivity contribution in [3.05, 3.63) is 0 Å². The Balaban J connectivity index is 1.20. The van der Waals surface area contributed by atoms with Gasteiger partial charge in [-0.1, -0.05) is 0 Å². The molecule has 0 aromatic rings. The van der Waals surface area contributed by atoms with Gasteiger partial charge in [0.1, 0.15) is 128 Å². The molecule has 39 nitrogen and oxygen atoms in total. The number of aliphatic hydroxyl groups excluding tert-OH is 14. The van der Waals surface area contributed by atoms with Crippen LogP contribution in [0.3, 0.4) is 0 Å². The Kier molecular flexibility index (Phi) is 21.0. The summed E-state index contributed by atoms with van der Waals surface area (Å²) in [7, 11) is -11.1. The largest absolute Gasteiger partial charge is 0.479 e. The van der Waals surface area contributed by atoms with E-state index in [1.807, 2.05) is 0 Å². The van der Waals surface area contributed by atoms with Crippen LogP contribution in [0.1, 0.15) is 0 Å². The van der Waals surface area contributed by atoms with E-state index < -0.39 is 243 Å². The van der Waals surface area contributed by atoms with Gasteiger partial charge in [-0.05, 0) is 0 Å². The zero-order valence-corrected chi connectivity index (χ0v) is 40.4. The minimum Gasteiger partial charge on any atom is -0.479 e. The number of carboxylic acids is 3. The van der Waals surface area contributed by atoms with Crippen molar-refractivity contribution < 1.29 is 179 Å². The van der Waals surface area contributed by atoms with Gasteiger partial charge in [-0.2, -0.15) is 26.3 Å². The quantitative estimate of drug-likeness (QED) is 0.0475. The molecule has 0 radical (unpaired) electrons. The third-order valence-corrected chi connectivity index (χ3v) is 14.1. The van der Waals surface area contributed by atoms with Gasteiger partial charge in [-0.3, -0.25) is 9.11 Å². The molecule has 21 N–H and O–H groups in total. The highest BCUT2D eigenvalue weighted by atomic mass is 32.2. The van der Waals surface area contributed by atoms with Crippen LogP contribution >= 0.6 is 0 Å². The minimum absolute atomic E-state index is 0.795. The molecule has 6 rings (SSSR count). The molecule has 0 aliphatic carbocycles. The molecule has 6 saturated heterocycles. The van der Waals surface area contributed by atoms with Crippen molar-refractivity contribution in [3.63, 3.8) is 0 Å². The molecule has 29 atom stereocenters. The highest BCUT2D eigenvalue weighted by molar-refractivity contribution is 7.84. The topological polar surface area (TPSA) is 629 Å². The molecule has 0 unspecified atom stereocenters. The molecule has 6 aliphatic rings. The van der Waals surface area contributed by atoms with Gasteiger partial charge in [-0.15, -0.1) is 0 Å². The van der Waals surface area contributed by atoms with Crippen molar-refractivity contribution in [1.82, 2.24) is 9.44 Å². The van der Waals surface area contributed by atoms with Gasteiger partial charge in [0.2, 0.25) is 0 Å². The molecule has 0 amide bonds. The summed E-state index contributed by atoms with van der Waals surface area (Å²) >= 11 is 0. The molecular weight excluding hydrogens is 1120 g/mol. The van der Waals surface area contributed by atoms with E-state index in [4.69, 9.17) is 52.1 Å². The number of ether oxygens (including phenoxy) is 11. The Labute approximate surface area is 430 Å². The van der Waals surface area contributed by atoms with Crippen LogP contribution in [0.4, 0.5) is 0 Å². The average Bonchev–Trinajstić information content (AvgIpc) is 3.67. The van der Waals surface area contributed by atoms with Crippen LogP contribution in [0.5, 0.6) is 0 Å². The first-order chi connectivity index (χ1) is 35.9. The Morgan fingerprint density at radius 3 is 0.974 bits per heavy atom. The number of carboxylic acid groups (broad SMARTS) is 3. The van der Waals surface area contributed by atoms with E-state index in [1.54, 1.807) is 0 Å². The van der Waals surface area contributed by atoms with Crippen molar-refractivity contribution in [2.24, 2.45) is 0 Å². The van der Waals surface area contributed by atoms with Gasteiger partial charge in [-0.25, -0.2) is 14.4 Å². The lowest BCUT2D eigenvalue weighted by atomic mass is 9.94. The third-order valence-electron chi connectivity index (χ3n) is 12.9. The molecule has 0 aromatic heterocycles. The molecule has 0 spiro atoms. The predicted molar refractivity (Wildman–Crippen MR) is 225 cm³/mol. The van der Waals surface area contributed by atoms with Crippen molar-refractivity contribution in [3.8, 4) is 0 Å². The lowest BCUT2D eigenvalue weighted by Gasteiger charge is -2.50. The molecule has 6 aliphatic heterocycles. The molecular formula is C36H58N2O37S2. The maximum Gasteiger partial charge on any atom is 0.335 e. The molecule has 77 heavy (non-hydrogen) atoms. The molecule has 6 heterocycles. The van der Waals surface area contributed by atoms with Crippen LogP contribution in [-0.2, 0) is 87.1 Å². The molecule has 0 saturated carbocycles. The summed E-state index contributed by atoms with van der Waals surface area (Å²) in [6, 6.07) is -4.93. The van der Waals surface area contributed by atoms with E-state index in [9.17, 15) is 127 Å². The molecule has 0 aromatic carbocycles. The first kappa shape index (κ1) is 63.3. The fourth-order valence-corrected chi connectivity index (χ4v) is 10.3. The van der Waals surface area contributed by atoms with Crippen LogP contribution in [0.2, 0.25) is 0 Å². The van der Waals surface area contributed by atoms with Crippen molar-refractivity contribution in [2.75, 3.05) is 26.4 Å². The third kappa shape index (κ3) is 13.9. The summed E-state index contributed by atoms with van der Waals surface area (Å²) in [6.07, 6.45) is -61.2. The van der Waals surface area contributed by atoms with Crippen molar-refractivity contribution in [2.45, 2.75) is 178 Å². The Hall–Kier alpha value is -2.85. The summed E-state index contributed by atoms with van der Waals surface area (Å²) in [6.45, 7) is -4.27.